The van der Waals surface area contributed by atoms with Crippen LogP contribution in [0.4, 0.5) is 0 Å². The summed E-state index contributed by atoms with van der Waals surface area (Å²) in [6, 6.07) is 0. The molecule has 70 valence electrons. The van der Waals surface area contributed by atoms with Crippen molar-refractivity contribution in [3.8, 4) is 0 Å². The van der Waals surface area contributed by atoms with E-state index in [-0.39, 0.29) is 5.41 Å². The van der Waals surface area contributed by atoms with Gasteiger partial charge >= 0.3 is 0 Å². The number of rotatable bonds is 2. The highest BCUT2D eigenvalue weighted by Crippen LogP contribution is 2.50. The summed E-state index contributed by atoms with van der Waals surface area (Å²) in [6.45, 7) is 3.77. The number of carbonyl (C=O) groups excluding carboxylic acids is 1. The minimum atomic E-state index is -0.0451. The number of fused-ring (bicyclic) bond motifs is 1. The van der Waals surface area contributed by atoms with E-state index in [4.69, 9.17) is 0 Å². The lowest BCUT2D eigenvalue weighted by Gasteiger charge is -2.34. The van der Waals surface area contributed by atoms with Gasteiger partial charge in [-0.2, -0.15) is 0 Å². The second kappa shape index (κ2) is 3.13. The maximum atomic E-state index is 11.8. The molecule has 0 heterocycles. The van der Waals surface area contributed by atoms with Gasteiger partial charge in [-0.05, 0) is 31.6 Å². The fourth-order valence-electron chi connectivity index (χ4n) is 2.86. The first-order valence-electron chi connectivity index (χ1n) is 5.09. The summed E-state index contributed by atoms with van der Waals surface area (Å²) in [5, 5.41) is 0. The van der Waals surface area contributed by atoms with Crippen molar-refractivity contribution in [3.63, 3.8) is 0 Å². The summed E-state index contributed by atoms with van der Waals surface area (Å²) in [4.78, 5) is 11.8. The molecule has 0 spiro atoms. The molecule has 0 bridgehead atoms. The van der Waals surface area contributed by atoms with Crippen molar-refractivity contribution in [2.75, 3.05) is 0 Å². The Hall–Kier alpha value is -0.850. The third-order valence-electron chi connectivity index (χ3n) is 3.63. The van der Waals surface area contributed by atoms with Crippen LogP contribution in [-0.4, -0.2) is 5.78 Å². The molecule has 0 saturated heterocycles. The van der Waals surface area contributed by atoms with Gasteiger partial charge < -0.3 is 0 Å². The zero-order valence-corrected chi connectivity index (χ0v) is 7.96. The van der Waals surface area contributed by atoms with Crippen LogP contribution in [-0.2, 0) is 4.79 Å². The third kappa shape index (κ3) is 1.18. The lowest BCUT2D eigenvalue weighted by Crippen LogP contribution is -2.33. The highest BCUT2D eigenvalue weighted by atomic mass is 16.1. The highest BCUT2D eigenvalue weighted by molar-refractivity contribution is 5.88. The van der Waals surface area contributed by atoms with Crippen LogP contribution in [0.25, 0.3) is 0 Å². The molecule has 13 heavy (non-hydrogen) atoms. The van der Waals surface area contributed by atoms with Gasteiger partial charge in [-0.15, -0.1) is 6.58 Å². The third-order valence-corrected chi connectivity index (χ3v) is 3.63. The van der Waals surface area contributed by atoms with E-state index in [1.807, 2.05) is 6.08 Å². The molecular formula is C12H16O. The molecule has 2 atom stereocenters. The summed E-state index contributed by atoms with van der Waals surface area (Å²) < 4.78 is 0. The first-order chi connectivity index (χ1) is 6.29. The Bertz CT molecular complexity index is 264. The molecule has 0 aliphatic heterocycles. The normalized spacial score (nSPS) is 37.5. The van der Waals surface area contributed by atoms with Gasteiger partial charge in [-0.1, -0.05) is 18.2 Å². The van der Waals surface area contributed by atoms with Crippen LogP contribution in [0.1, 0.15) is 32.1 Å². The van der Waals surface area contributed by atoms with Crippen molar-refractivity contribution < 1.29 is 4.79 Å². The molecule has 0 unspecified atom stereocenters. The Morgan fingerprint density at radius 2 is 2.46 bits per heavy atom. The topological polar surface area (TPSA) is 17.1 Å². The molecule has 1 heteroatoms. The predicted octanol–water partition coefficient (Wildman–Crippen LogP) is 2.88. The lowest BCUT2D eigenvalue weighted by atomic mass is 9.68. The van der Waals surface area contributed by atoms with Crippen LogP contribution < -0.4 is 0 Å². The van der Waals surface area contributed by atoms with Crippen LogP contribution in [0.5, 0.6) is 0 Å². The first-order valence-corrected chi connectivity index (χ1v) is 5.09. The van der Waals surface area contributed by atoms with Gasteiger partial charge in [0, 0.05) is 11.8 Å². The van der Waals surface area contributed by atoms with Gasteiger partial charge in [-0.25, -0.2) is 0 Å². The van der Waals surface area contributed by atoms with Crippen molar-refractivity contribution in [3.05, 3.63) is 24.8 Å². The van der Waals surface area contributed by atoms with Crippen LogP contribution in [0.15, 0.2) is 24.8 Å². The number of hydrogen-bond donors (Lipinski definition) is 0. The maximum Gasteiger partial charge on any atom is 0.139 e. The second-order valence-corrected chi connectivity index (χ2v) is 4.22. The Balaban J connectivity index is 2.31. The standard InChI is InChI=1S/C12H16O/c1-2-8-12-9-4-3-5-10(12)6-7-11(12)13/h2-4,10H,1,5-9H2/t10-,12-/m1/s1. The average molecular weight is 176 g/mol. The monoisotopic (exact) mass is 176 g/mol. The zero-order valence-electron chi connectivity index (χ0n) is 7.96. The molecule has 0 aromatic rings. The van der Waals surface area contributed by atoms with Gasteiger partial charge in [-0.3, -0.25) is 4.79 Å². The number of Topliss-reactive ketones (excluding diaryl/α,β-unsaturated/α-hetero) is 1. The molecule has 0 aromatic carbocycles. The van der Waals surface area contributed by atoms with E-state index >= 15 is 0 Å². The summed E-state index contributed by atoms with van der Waals surface area (Å²) in [5.41, 5.74) is -0.0451. The van der Waals surface area contributed by atoms with E-state index in [1.54, 1.807) is 0 Å². The Morgan fingerprint density at radius 3 is 3.23 bits per heavy atom. The Labute approximate surface area is 79.5 Å². The molecule has 2 aliphatic rings. The smallest absolute Gasteiger partial charge is 0.139 e. The number of carbonyl (C=O) groups is 1. The quantitative estimate of drug-likeness (QED) is 0.591. The van der Waals surface area contributed by atoms with Gasteiger partial charge in [0.05, 0.1) is 0 Å². The van der Waals surface area contributed by atoms with Crippen molar-refractivity contribution in [2.45, 2.75) is 32.1 Å². The van der Waals surface area contributed by atoms with Crippen LogP contribution >= 0.6 is 0 Å². The molecule has 1 fully saturated rings. The van der Waals surface area contributed by atoms with Gasteiger partial charge in [0.1, 0.15) is 5.78 Å². The molecule has 0 amide bonds. The van der Waals surface area contributed by atoms with E-state index in [1.165, 1.54) is 0 Å². The average Bonchev–Trinajstić information content (AvgIpc) is 2.46. The highest BCUT2D eigenvalue weighted by Gasteiger charge is 2.48. The largest absolute Gasteiger partial charge is 0.299 e. The van der Waals surface area contributed by atoms with E-state index in [9.17, 15) is 4.79 Å². The van der Waals surface area contributed by atoms with E-state index in [0.717, 1.165) is 32.1 Å². The summed E-state index contributed by atoms with van der Waals surface area (Å²) in [5.74, 6) is 1.07. The Kier molecular flexibility index (Phi) is 2.10. The SMILES string of the molecule is C=CC[C@@]12CC=CC[C@@H]1CCC2=O. The Morgan fingerprint density at radius 1 is 1.62 bits per heavy atom. The summed E-state index contributed by atoms with van der Waals surface area (Å²) >= 11 is 0. The van der Waals surface area contributed by atoms with E-state index < -0.39 is 0 Å². The van der Waals surface area contributed by atoms with Gasteiger partial charge in [0.25, 0.3) is 0 Å². The van der Waals surface area contributed by atoms with E-state index in [0.29, 0.717) is 11.7 Å². The molecule has 2 aliphatic carbocycles. The molecule has 1 saturated carbocycles. The molecular weight excluding hydrogens is 160 g/mol. The molecule has 1 nitrogen and oxygen atoms in total. The van der Waals surface area contributed by atoms with Crippen LogP contribution in [0.3, 0.4) is 0 Å². The van der Waals surface area contributed by atoms with E-state index in [2.05, 4.69) is 18.7 Å². The minimum absolute atomic E-state index is 0.0451. The summed E-state index contributed by atoms with van der Waals surface area (Å²) in [7, 11) is 0. The second-order valence-electron chi connectivity index (χ2n) is 4.22. The fraction of sp³-hybridized carbons (Fsp3) is 0.583. The van der Waals surface area contributed by atoms with Crippen molar-refractivity contribution in [1.29, 1.82) is 0 Å². The molecule has 0 N–H and O–H groups in total. The predicted molar refractivity (Wildman–Crippen MR) is 53.4 cm³/mol. The first kappa shape index (κ1) is 8.74. The number of allylic oxidation sites excluding steroid dienone is 3. The molecule has 0 aromatic heterocycles. The number of hydrogen-bond acceptors (Lipinski definition) is 1. The van der Waals surface area contributed by atoms with Crippen molar-refractivity contribution in [1.82, 2.24) is 0 Å². The molecule has 0 radical (unpaired) electrons. The van der Waals surface area contributed by atoms with Crippen LogP contribution in [0, 0.1) is 11.3 Å². The minimum Gasteiger partial charge on any atom is -0.299 e. The maximum absolute atomic E-state index is 11.8. The fourth-order valence-corrected chi connectivity index (χ4v) is 2.86. The van der Waals surface area contributed by atoms with Gasteiger partial charge in [0.15, 0.2) is 0 Å². The lowest BCUT2D eigenvalue weighted by molar-refractivity contribution is -0.127. The molecule has 2 rings (SSSR count). The van der Waals surface area contributed by atoms with Crippen LogP contribution in [0.2, 0.25) is 0 Å². The number of ketones is 1. The van der Waals surface area contributed by atoms with Gasteiger partial charge in [0.2, 0.25) is 0 Å². The summed E-state index contributed by atoms with van der Waals surface area (Å²) in [6.07, 6.45) is 11.1. The zero-order chi connectivity index (χ0) is 9.31. The van der Waals surface area contributed by atoms with Crippen molar-refractivity contribution >= 4 is 5.78 Å². The van der Waals surface area contributed by atoms with Crippen molar-refractivity contribution in [2.24, 2.45) is 11.3 Å².